The fourth-order valence-electron chi connectivity index (χ4n) is 1.54. The van der Waals surface area contributed by atoms with Crippen molar-refractivity contribution in [3.8, 4) is 0 Å². The molecule has 1 saturated carbocycles. The zero-order valence-corrected chi connectivity index (χ0v) is 5.55. The van der Waals surface area contributed by atoms with Crippen LogP contribution in [0.25, 0.3) is 0 Å². The highest BCUT2D eigenvalue weighted by Gasteiger charge is 2.27. The third-order valence-corrected chi connectivity index (χ3v) is 2.47. The van der Waals surface area contributed by atoms with E-state index in [1.807, 2.05) is 6.26 Å². The minimum absolute atomic E-state index is 0.763. The molecule has 1 atom stereocenters. The Kier molecular flexibility index (Phi) is 1.22. The van der Waals surface area contributed by atoms with Gasteiger partial charge >= 0.3 is 0 Å². The first kappa shape index (κ1) is 5.33. The molecule has 0 bridgehead atoms. The zero-order valence-electron chi connectivity index (χ0n) is 5.55. The maximum atomic E-state index is 5.13. The van der Waals surface area contributed by atoms with Gasteiger partial charge in [0.25, 0.3) is 0 Å². The second kappa shape index (κ2) is 2.05. The molecule has 1 heterocycles. The van der Waals surface area contributed by atoms with E-state index in [0.29, 0.717) is 0 Å². The van der Waals surface area contributed by atoms with Crippen molar-refractivity contribution in [1.82, 2.24) is 0 Å². The lowest BCUT2D eigenvalue weighted by Crippen LogP contribution is -2.21. The number of ether oxygens (including phenoxy) is 1. The monoisotopic (exact) mass is 124 g/mol. The average Bonchev–Trinajstić information content (AvgIpc) is 2.11. The molecule has 1 unspecified atom stereocenters. The van der Waals surface area contributed by atoms with Crippen molar-refractivity contribution in [2.45, 2.75) is 19.3 Å². The van der Waals surface area contributed by atoms with Crippen molar-refractivity contribution in [3.05, 3.63) is 12.3 Å². The second-order valence-corrected chi connectivity index (χ2v) is 3.02. The Morgan fingerprint density at radius 3 is 2.67 bits per heavy atom. The molecule has 1 aliphatic heterocycles. The summed E-state index contributed by atoms with van der Waals surface area (Å²) in [7, 11) is 0. The normalized spacial score (nSPS) is 34.0. The van der Waals surface area contributed by atoms with Gasteiger partial charge in [-0.2, -0.15) is 0 Å². The SMILES string of the molecule is C1=CC(C2CCC2)CO1. The van der Waals surface area contributed by atoms with Gasteiger partial charge in [-0.1, -0.05) is 6.42 Å². The Labute approximate surface area is 55.7 Å². The van der Waals surface area contributed by atoms with Gasteiger partial charge in [0.2, 0.25) is 0 Å². The van der Waals surface area contributed by atoms with Crippen molar-refractivity contribution < 1.29 is 4.74 Å². The largest absolute Gasteiger partial charge is 0.501 e. The van der Waals surface area contributed by atoms with Crippen LogP contribution in [0.1, 0.15) is 19.3 Å². The van der Waals surface area contributed by atoms with E-state index >= 15 is 0 Å². The highest BCUT2D eigenvalue weighted by molar-refractivity contribution is 4.95. The molecule has 0 aromatic carbocycles. The quantitative estimate of drug-likeness (QED) is 0.519. The predicted molar refractivity (Wildman–Crippen MR) is 35.9 cm³/mol. The highest BCUT2D eigenvalue weighted by Crippen LogP contribution is 2.35. The summed E-state index contributed by atoms with van der Waals surface area (Å²) in [6, 6.07) is 0. The van der Waals surface area contributed by atoms with E-state index in [9.17, 15) is 0 Å². The lowest BCUT2D eigenvalue weighted by Gasteiger charge is -2.29. The van der Waals surface area contributed by atoms with Crippen LogP contribution in [0.3, 0.4) is 0 Å². The first-order chi connectivity index (χ1) is 4.47. The first-order valence-electron chi connectivity index (χ1n) is 3.75. The molecular weight excluding hydrogens is 112 g/mol. The molecule has 0 radical (unpaired) electrons. The maximum Gasteiger partial charge on any atom is 0.0939 e. The van der Waals surface area contributed by atoms with Crippen molar-refractivity contribution in [2.75, 3.05) is 6.61 Å². The third-order valence-electron chi connectivity index (χ3n) is 2.47. The van der Waals surface area contributed by atoms with Crippen LogP contribution in [0.15, 0.2) is 12.3 Å². The number of rotatable bonds is 1. The van der Waals surface area contributed by atoms with E-state index in [1.165, 1.54) is 19.3 Å². The van der Waals surface area contributed by atoms with Crippen LogP contribution in [-0.2, 0) is 4.74 Å². The van der Waals surface area contributed by atoms with E-state index in [1.54, 1.807) is 0 Å². The van der Waals surface area contributed by atoms with Gasteiger partial charge in [-0.05, 0) is 24.8 Å². The molecule has 50 valence electrons. The molecule has 1 fully saturated rings. The van der Waals surface area contributed by atoms with E-state index in [2.05, 4.69) is 6.08 Å². The lowest BCUT2D eigenvalue weighted by atomic mass is 9.77. The minimum Gasteiger partial charge on any atom is -0.501 e. The van der Waals surface area contributed by atoms with Crippen LogP contribution in [0.5, 0.6) is 0 Å². The van der Waals surface area contributed by atoms with Gasteiger partial charge in [-0.15, -0.1) is 0 Å². The summed E-state index contributed by atoms with van der Waals surface area (Å²) in [5.74, 6) is 1.72. The van der Waals surface area contributed by atoms with Crippen LogP contribution in [0.4, 0.5) is 0 Å². The smallest absolute Gasteiger partial charge is 0.0939 e. The summed E-state index contributed by atoms with van der Waals surface area (Å²) in [6.07, 6.45) is 8.36. The van der Waals surface area contributed by atoms with Gasteiger partial charge < -0.3 is 4.74 Å². The van der Waals surface area contributed by atoms with Crippen molar-refractivity contribution in [1.29, 1.82) is 0 Å². The highest BCUT2D eigenvalue weighted by atomic mass is 16.5. The molecule has 0 aromatic heterocycles. The van der Waals surface area contributed by atoms with E-state index in [4.69, 9.17) is 4.74 Å². The van der Waals surface area contributed by atoms with Gasteiger partial charge in [0.1, 0.15) is 0 Å². The topological polar surface area (TPSA) is 9.23 Å². The van der Waals surface area contributed by atoms with Gasteiger partial charge in [0.05, 0.1) is 12.9 Å². The third kappa shape index (κ3) is 0.846. The molecule has 9 heavy (non-hydrogen) atoms. The Hall–Kier alpha value is -0.460. The molecule has 1 aliphatic carbocycles. The summed E-state index contributed by atoms with van der Waals surface area (Å²) in [4.78, 5) is 0. The molecule has 2 rings (SSSR count). The molecule has 0 saturated heterocycles. The Morgan fingerprint density at radius 1 is 1.33 bits per heavy atom. The van der Waals surface area contributed by atoms with Crippen molar-refractivity contribution >= 4 is 0 Å². The fraction of sp³-hybridized carbons (Fsp3) is 0.750. The van der Waals surface area contributed by atoms with Crippen molar-refractivity contribution in [2.24, 2.45) is 11.8 Å². The average molecular weight is 124 g/mol. The first-order valence-corrected chi connectivity index (χ1v) is 3.75. The molecule has 1 heteroatoms. The van der Waals surface area contributed by atoms with E-state index in [-0.39, 0.29) is 0 Å². The summed E-state index contributed by atoms with van der Waals surface area (Å²) < 4.78 is 5.13. The van der Waals surface area contributed by atoms with E-state index < -0.39 is 0 Å². The second-order valence-electron chi connectivity index (χ2n) is 3.02. The molecule has 0 amide bonds. The summed E-state index contributed by atoms with van der Waals surface area (Å²) in [5, 5.41) is 0. The molecule has 0 aromatic rings. The van der Waals surface area contributed by atoms with Crippen LogP contribution in [-0.4, -0.2) is 6.61 Å². The Balaban J connectivity index is 1.89. The lowest BCUT2D eigenvalue weighted by molar-refractivity contribution is 0.168. The van der Waals surface area contributed by atoms with Gasteiger partial charge in [0.15, 0.2) is 0 Å². The Bertz CT molecular complexity index is 125. The minimum atomic E-state index is 0.763. The van der Waals surface area contributed by atoms with Gasteiger partial charge in [-0.25, -0.2) is 0 Å². The van der Waals surface area contributed by atoms with Crippen LogP contribution in [0, 0.1) is 11.8 Å². The number of hydrogen-bond acceptors (Lipinski definition) is 1. The van der Waals surface area contributed by atoms with Crippen molar-refractivity contribution in [3.63, 3.8) is 0 Å². The summed E-state index contributed by atoms with van der Waals surface area (Å²) >= 11 is 0. The van der Waals surface area contributed by atoms with Gasteiger partial charge in [-0.3, -0.25) is 0 Å². The van der Waals surface area contributed by atoms with Crippen LogP contribution in [0.2, 0.25) is 0 Å². The van der Waals surface area contributed by atoms with Gasteiger partial charge in [0, 0.05) is 5.92 Å². The fourth-order valence-corrected chi connectivity index (χ4v) is 1.54. The molecule has 0 spiro atoms. The van der Waals surface area contributed by atoms with Crippen LogP contribution < -0.4 is 0 Å². The predicted octanol–water partition coefficient (Wildman–Crippen LogP) is 1.95. The number of hydrogen-bond donors (Lipinski definition) is 0. The van der Waals surface area contributed by atoms with Crippen LogP contribution >= 0.6 is 0 Å². The standard InChI is InChI=1S/C8H12O/c1-2-7(3-1)8-4-5-9-6-8/h4-5,7-8H,1-3,6H2. The van der Waals surface area contributed by atoms with E-state index in [0.717, 1.165) is 18.4 Å². The molecule has 1 nitrogen and oxygen atoms in total. The zero-order chi connectivity index (χ0) is 6.10. The summed E-state index contributed by atoms with van der Waals surface area (Å²) in [5.41, 5.74) is 0. The Morgan fingerprint density at radius 2 is 2.22 bits per heavy atom. The molecular formula is C8H12O. The maximum absolute atomic E-state index is 5.13. The molecule has 0 N–H and O–H groups in total. The molecule has 2 aliphatic rings. The summed E-state index contributed by atoms with van der Waals surface area (Å²) in [6.45, 7) is 0.949.